The first-order valence-corrected chi connectivity index (χ1v) is 8.03. The Balaban J connectivity index is 1.76. The molecule has 2 aromatic carbocycles. The van der Waals surface area contributed by atoms with Crippen molar-refractivity contribution in [2.45, 2.75) is 23.9 Å². The van der Waals surface area contributed by atoms with Crippen LogP contribution in [0.5, 0.6) is 0 Å². The normalized spacial score (nSPS) is 12.0. The molecule has 116 valence electrons. The van der Waals surface area contributed by atoms with E-state index in [1.807, 2.05) is 30.4 Å². The lowest BCUT2D eigenvalue weighted by molar-refractivity contribution is -0.137. The van der Waals surface area contributed by atoms with Crippen LogP contribution in [0, 0.1) is 0 Å². The lowest BCUT2D eigenvalue weighted by Gasteiger charge is -2.07. The third-order valence-electron chi connectivity index (χ3n) is 3.07. The monoisotopic (exact) mass is 322 g/mol. The fraction of sp³-hybridized carbons (Fsp3) is 0.222. The van der Waals surface area contributed by atoms with Crippen molar-refractivity contribution < 1.29 is 13.2 Å². The van der Waals surface area contributed by atoms with Crippen LogP contribution in [0.2, 0.25) is 0 Å². The van der Waals surface area contributed by atoms with E-state index < -0.39 is 11.7 Å². The summed E-state index contributed by atoms with van der Waals surface area (Å²) in [5.74, 6) is 0.961. The summed E-state index contributed by atoms with van der Waals surface area (Å²) in [4.78, 5) is 1.23. The van der Waals surface area contributed by atoms with Crippen LogP contribution in [-0.4, -0.2) is 5.75 Å². The number of hydrogen-bond acceptors (Lipinski definition) is 1. The number of thioether (sulfide) groups is 1. The van der Waals surface area contributed by atoms with E-state index in [2.05, 4.69) is 12.1 Å². The van der Waals surface area contributed by atoms with E-state index in [4.69, 9.17) is 0 Å². The maximum absolute atomic E-state index is 12.6. The fourth-order valence-corrected chi connectivity index (χ4v) is 2.81. The average Bonchev–Trinajstić information content (AvgIpc) is 2.51. The molecule has 0 heterocycles. The van der Waals surface area contributed by atoms with Crippen molar-refractivity contribution in [3.8, 4) is 0 Å². The Morgan fingerprint density at radius 3 is 2.41 bits per heavy atom. The quantitative estimate of drug-likeness (QED) is 0.358. The Bertz CT molecular complexity index is 603. The molecule has 0 saturated carbocycles. The van der Waals surface area contributed by atoms with Crippen molar-refractivity contribution in [1.82, 2.24) is 0 Å². The largest absolute Gasteiger partial charge is 0.416 e. The Labute approximate surface area is 133 Å². The standard InChI is InChI=1S/C18H17F3S/c19-18(20,21)16-10-7-9-15(14-16)8-3-2-6-13-22-17-11-4-1-5-12-17/h1-5,7,9-12,14H,6,8,13H2/b3-2+. The van der Waals surface area contributed by atoms with Gasteiger partial charge in [0.05, 0.1) is 5.56 Å². The summed E-state index contributed by atoms with van der Waals surface area (Å²) in [5, 5.41) is 0. The van der Waals surface area contributed by atoms with Gasteiger partial charge in [-0.1, -0.05) is 48.6 Å². The molecule has 0 aliphatic carbocycles. The minimum absolute atomic E-state index is 0.528. The van der Waals surface area contributed by atoms with Crippen molar-refractivity contribution in [1.29, 1.82) is 0 Å². The Kier molecular flexibility index (Phi) is 6.13. The highest BCUT2D eigenvalue weighted by atomic mass is 32.2. The molecule has 0 fully saturated rings. The molecule has 2 rings (SSSR count). The molecule has 0 bridgehead atoms. The minimum atomic E-state index is -4.27. The van der Waals surface area contributed by atoms with Gasteiger partial charge in [0.1, 0.15) is 0 Å². The molecule has 22 heavy (non-hydrogen) atoms. The molecule has 0 spiro atoms. The zero-order chi connectivity index (χ0) is 15.8. The van der Waals surface area contributed by atoms with E-state index in [9.17, 15) is 13.2 Å². The lowest BCUT2D eigenvalue weighted by Crippen LogP contribution is -2.04. The van der Waals surface area contributed by atoms with Gasteiger partial charge in [0.2, 0.25) is 0 Å². The molecule has 0 nitrogen and oxygen atoms in total. The smallest absolute Gasteiger partial charge is 0.166 e. The molecule has 0 amide bonds. The van der Waals surface area contributed by atoms with Crippen molar-refractivity contribution in [3.05, 3.63) is 77.9 Å². The van der Waals surface area contributed by atoms with Gasteiger partial charge in [-0.05, 0) is 36.6 Å². The third kappa shape index (κ3) is 5.60. The molecule has 0 aromatic heterocycles. The molecule has 2 aromatic rings. The van der Waals surface area contributed by atoms with Gasteiger partial charge in [0.15, 0.2) is 0 Å². The highest BCUT2D eigenvalue weighted by Gasteiger charge is 2.30. The zero-order valence-corrected chi connectivity index (χ0v) is 12.8. The molecule has 0 radical (unpaired) electrons. The van der Waals surface area contributed by atoms with Gasteiger partial charge in [-0.15, -0.1) is 11.8 Å². The van der Waals surface area contributed by atoms with Crippen LogP contribution in [0.15, 0.2) is 71.6 Å². The summed E-state index contributed by atoms with van der Waals surface area (Å²) in [6.45, 7) is 0. The van der Waals surface area contributed by atoms with Crippen molar-refractivity contribution >= 4 is 11.8 Å². The molecular formula is C18H17F3S. The predicted molar refractivity (Wildman–Crippen MR) is 86.1 cm³/mol. The summed E-state index contributed by atoms with van der Waals surface area (Å²) < 4.78 is 37.8. The van der Waals surface area contributed by atoms with Gasteiger partial charge in [0.25, 0.3) is 0 Å². The van der Waals surface area contributed by atoms with Crippen LogP contribution in [0.4, 0.5) is 13.2 Å². The first-order valence-electron chi connectivity index (χ1n) is 7.05. The Morgan fingerprint density at radius 2 is 1.68 bits per heavy atom. The number of rotatable bonds is 6. The van der Waals surface area contributed by atoms with Gasteiger partial charge in [-0.25, -0.2) is 0 Å². The highest BCUT2D eigenvalue weighted by Crippen LogP contribution is 2.29. The van der Waals surface area contributed by atoms with Gasteiger partial charge >= 0.3 is 6.18 Å². The first-order chi connectivity index (χ1) is 10.6. The van der Waals surface area contributed by atoms with E-state index in [0.717, 1.165) is 18.2 Å². The number of alkyl halides is 3. The van der Waals surface area contributed by atoms with Crippen molar-refractivity contribution in [2.24, 2.45) is 0 Å². The summed E-state index contributed by atoms with van der Waals surface area (Å²) in [6.07, 6.45) is 1.11. The average molecular weight is 322 g/mol. The molecule has 0 aliphatic rings. The van der Waals surface area contributed by atoms with E-state index in [1.165, 1.54) is 17.0 Å². The molecule has 0 saturated heterocycles. The number of benzene rings is 2. The second kappa shape index (κ2) is 8.08. The zero-order valence-electron chi connectivity index (χ0n) is 12.0. The van der Waals surface area contributed by atoms with Crippen LogP contribution >= 0.6 is 11.8 Å². The topological polar surface area (TPSA) is 0 Å². The molecule has 0 atom stereocenters. The minimum Gasteiger partial charge on any atom is -0.166 e. The van der Waals surface area contributed by atoms with Crippen molar-refractivity contribution in [3.63, 3.8) is 0 Å². The van der Waals surface area contributed by atoms with E-state index in [-0.39, 0.29) is 0 Å². The first kappa shape index (κ1) is 16.7. The Morgan fingerprint density at radius 1 is 0.909 bits per heavy atom. The number of hydrogen-bond donors (Lipinski definition) is 0. The molecule has 0 N–H and O–H groups in total. The van der Waals surface area contributed by atoms with Crippen LogP contribution in [0.25, 0.3) is 0 Å². The van der Waals surface area contributed by atoms with Gasteiger partial charge in [0, 0.05) is 10.6 Å². The van der Waals surface area contributed by atoms with Gasteiger partial charge < -0.3 is 0 Å². The third-order valence-corrected chi connectivity index (χ3v) is 4.12. The molecule has 0 unspecified atom stereocenters. The summed E-state index contributed by atoms with van der Waals surface area (Å²) >= 11 is 1.77. The summed E-state index contributed by atoms with van der Waals surface area (Å²) in [7, 11) is 0. The maximum atomic E-state index is 12.6. The number of allylic oxidation sites excluding steroid dienone is 2. The van der Waals surface area contributed by atoms with Crippen LogP contribution in [0.3, 0.4) is 0 Å². The lowest BCUT2D eigenvalue weighted by atomic mass is 10.1. The van der Waals surface area contributed by atoms with Crippen molar-refractivity contribution in [2.75, 3.05) is 5.75 Å². The molecular weight excluding hydrogens is 305 g/mol. The SMILES string of the molecule is FC(F)(F)c1cccc(C/C=C/CCSc2ccccc2)c1. The van der Waals surface area contributed by atoms with Crippen LogP contribution < -0.4 is 0 Å². The predicted octanol–water partition coefficient (Wildman–Crippen LogP) is 5.99. The second-order valence-corrected chi connectivity index (χ2v) is 5.99. The number of halogens is 3. The highest BCUT2D eigenvalue weighted by molar-refractivity contribution is 7.99. The van der Waals surface area contributed by atoms with Gasteiger partial charge in [-0.2, -0.15) is 13.2 Å². The van der Waals surface area contributed by atoms with Gasteiger partial charge in [-0.3, -0.25) is 0 Å². The Hall–Kier alpha value is -1.68. The second-order valence-electron chi connectivity index (χ2n) is 4.82. The molecule has 4 heteroatoms. The fourth-order valence-electron chi connectivity index (χ4n) is 1.97. The van der Waals surface area contributed by atoms with E-state index in [0.29, 0.717) is 12.0 Å². The summed E-state index contributed by atoms with van der Waals surface area (Å²) in [5.41, 5.74) is 0.0971. The van der Waals surface area contributed by atoms with E-state index >= 15 is 0 Å². The van der Waals surface area contributed by atoms with E-state index in [1.54, 1.807) is 17.8 Å². The molecule has 0 aliphatic heterocycles. The van der Waals surface area contributed by atoms with Crippen LogP contribution in [0.1, 0.15) is 17.5 Å². The van der Waals surface area contributed by atoms with Crippen LogP contribution in [-0.2, 0) is 12.6 Å². The summed E-state index contributed by atoms with van der Waals surface area (Å²) in [6, 6.07) is 15.6. The maximum Gasteiger partial charge on any atom is 0.416 e.